The van der Waals surface area contributed by atoms with Crippen molar-refractivity contribution in [2.75, 3.05) is 0 Å². The normalized spacial score (nSPS) is 12.4. The van der Waals surface area contributed by atoms with Gasteiger partial charge in [0.15, 0.2) is 0 Å². The molecule has 0 radical (unpaired) electrons. The SMILES string of the molecule is OC(Cc1cc(Cl)ccc1Cl)c1ncccc1Br. The molecule has 1 N–H and O–H groups in total. The van der Waals surface area contributed by atoms with E-state index in [1.807, 2.05) is 6.07 Å². The summed E-state index contributed by atoms with van der Waals surface area (Å²) in [7, 11) is 0. The first-order valence-electron chi connectivity index (χ1n) is 5.30. The number of pyridine rings is 1. The van der Waals surface area contributed by atoms with Gasteiger partial charge in [-0.1, -0.05) is 23.2 Å². The summed E-state index contributed by atoms with van der Waals surface area (Å²) in [4.78, 5) is 4.15. The van der Waals surface area contributed by atoms with Crippen LogP contribution in [0.25, 0.3) is 0 Å². The molecule has 2 nitrogen and oxygen atoms in total. The van der Waals surface area contributed by atoms with Crippen LogP contribution in [0, 0.1) is 0 Å². The summed E-state index contributed by atoms with van der Waals surface area (Å²) in [6, 6.07) is 8.83. The number of aliphatic hydroxyl groups excluding tert-OH is 1. The molecule has 1 heterocycles. The Bertz CT molecular complexity index is 562. The lowest BCUT2D eigenvalue weighted by Gasteiger charge is -2.13. The maximum Gasteiger partial charge on any atom is 0.101 e. The first-order valence-corrected chi connectivity index (χ1v) is 6.85. The van der Waals surface area contributed by atoms with Crippen molar-refractivity contribution in [1.29, 1.82) is 0 Å². The van der Waals surface area contributed by atoms with Gasteiger partial charge in [-0.2, -0.15) is 0 Å². The Morgan fingerprint density at radius 1 is 1.28 bits per heavy atom. The lowest BCUT2D eigenvalue weighted by Crippen LogP contribution is -2.05. The monoisotopic (exact) mass is 345 g/mol. The third kappa shape index (κ3) is 3.23. The second-order valence-electron chi connectivity index (χ2n) is 3.83. The molecule has 0 fully saturated rings. The second-order valence-corrected chi connectivity index (χ2v) is 5.52. The van der Waals surface area contributed by atoms with Crippen LogP contribution in [0.5, 0.6) is 0 Å². The number of benzene rings is 1. The Labute approximate surface area is 124 Å². The van der Waals surface area contributed by atoms with Gasteiger partial charge in [-0.05, 0) is 51.8 Å². The predicted octanol–water partition coefficient (Wildman–Crippen LogP) is 4.43. The number of hydrogen-bond donors (Lipinski definition) is 1. The Morgan fingerprint density at radius 2 is 2.06 bits per heavy atom. The molecule has 2 rings (SSSR count). The lowest BCUT2D eigenvalue weighted by molar-refractivity contribution is 0.173. The van der Waals surface area contributed by atoms with E-state index in [1.54, 1.807) is 30.5 Å². The highest BCUT2D eigenvalue weighted by atomic mass is 79.9. The molecule has 2 aromatic rings. The van der Waals surface area contributed by atoms with Crippen LogP contribution in [-0.4, -0.2) is 10.1 Å². The summed E-state index contributed by atoms with van der Waals surface area (Å²) in [6.07, 6.45) is 1.29. The highest BCUT2D eigenvalue weighted by molar-refractivity contribution is 9.10. The standard InChI is InChI=1S/C13H10BrCl2NO/c14-10-2-1-5-17-13(10)12(18)7-8-6-9(15)3-4-11(8)16/h1-6,12,18H,7H2. The van der Waals surface area contributed by atoms with Gasteiger partial charge in [-0.15, -0.1) is 0 Å². The Morgan fingerprint density at radius 3 is 2.78 bits per heavy atom. The molecule has 0 aliphatic heterocycles. The van der Waals surface area contributed by atoms with Gasteiger partial charge in [0.1, 0.15) is 6.10 Å². The highest BCUT2D eigenvalue weighted by Crippen LogP contribution is 2.28. The zero-order valence-corrected chi connectivity index (χ0v) is 12.4. The number of nitrogens with zero attached hydrogens (tertiary/aromatic N) is 1. The van der Waals surface area contributed by atoms with E-state index < -0.39 is 6.10 Å². The van der Waals surface area contributed by atoms with Gasteiger partial charge in [0.05, 0.1) is 5.69 Å². The summed E-state index contributed by atoms with van der Waals surface area (Å²) in [5.74, 6) is 0. The van der Waals surface area contributed by atoms with Gasteiger partial charge in [-0.3, -0.25) is 4.98 Å². The fourth-order valence-corrected chi connectivity index (χ4v) is 2.56. The predicted molar refractivity (Wildman–Crippen MR) is 77.1 cm³/mol. The van der Waals surface area contributed by atoms with Crippen molar-refractivity contribution < 1.29 is 5.11 Å². The summed E-state index contributed by atoms with van der Waals surface area (Å²) >= 11 is 15.3. The molecule has 1 aromatic heterocycles. The molecule has 18 heavy (non-hydrogen) atoms. The zero-order valence-electron chi connectivity index (χ0n) is 9.28. The first-order chi connectivity index (χ1) is 8.58. The van der Waals surface area contributed by atoms with Crippen molar-refractivity contribution >= 4 is 39.1 Å². The molecule has 1 unspecified atom stereocenters. The summed E-state index contributed by atoms with van der Waals surface area (Å²) < 4.78 is 0.774. The van der Waals surface area contributed by atoms with E-state index >= 15 is 0 Å². The van der Waals surface area contributed by atoms with E-state index in [0.29, 0.717) is 22.2 Å². The molecule has 0 bridgehead atoms. The molecule has 0 aliphatic rings. The highest BCUT2D eigenvalue weighted by Gasteiger charge is 2.15. The minimum absolute atomic E-state index is 0.370. The number of rotatable bonds is 3. The van der Waals surface area contributed by atoms with E-state index in [0.717, 1.165) is 10.0 Å². The second kappa shape index (κ2) is 6.02. The number of aliphatic hydroxyl groups is 1. The van der Waals surface area contributed by atoms with Crippen LogP contribution in [0.15, 0.2) is 41.0 Å². The molecule has 1 atom stereocenters. The molecule has 0 saturated heterocycles. The molecule has 0 amide bonds. The third-order valence-electron chi connectivity index (χ3n) is 2.52. The van der Waals surface area contributed by atoms with E-state index in [2.05, 4.69) is 20.9 Å². The van der Waals surface area contributed by atoms with Crippen molar-refractivity contribution in [2.45, 2.75) is 12.5 Å². The average molecular weight is 347 g/mol. The summed E-state index contributed by atoms with van der Waals surface area (Å²) in [6.45, 7) is 0. The van der Waals surface area contributed by atoms with Gasteiger partial charge in [0.25, 0.3) is 0 Å². The maximum absolute atomic E-state index is 10.2. The molecule has 0 aliphatic carbocycles. The maximum atomic E-state index is 10.2. The lowest BCUT2D eigenvalue weighted by atomic mass is 10.1. The van der Waals surface area contributed by atoms with Crippen LogP contribution in [0.1, 0.15) is 17.4 Å². The summed E-state index contributed by atoms with van der Waals surface area (Å²) in [5.41, 5.74) is 1.39. The van der Waals surface area contributed by atoms with Crippen LogP contribution in [0.2, 0.25) is 10.0 Å². The van der Waals surface area contributed by atoms with E-state index in [-0.39, 0.29) is 0 Å². The van der Waals surface area contributed by atoms with Gasteiger partial charge < -0.3 is 5.11 Å². The van der Waals surface area contributed by atoms with Gasteiger partial charge >= 0.3 is 0 Å². The van der Waals surface area contributed by atoms with E-state index in [9.17, 15) is 5.11 Å². The van der Waals surface area contributed by atoms with Crippen LogP contribution in [0.4, 0.5) is 0 Å². The van der Waals surface area contributed by atoms with Crippen LogP contribution < -0.4 is 0 Å². The molecular weight excluding hydrogens is 337 g/mol. The quantitative estimate of drug-likeness (QED) is 0.891. The minimum atomic E-state index is -0.725. The number of aromatic nitrogens is 1. The van der Waals surface area contributed by atoms with Crippen molar-refractivity contribution in [3.8, 4) is 0 Å². The Hall–Kier alpha value is -0.610. The molecular formula is C13H10BrCl2NO. The van der Waals surface area contributed by atoms with Crippen molar-refractivity contribution in [3.63, 3.8) is 0 Å². The van der Waals surface area contributed by atoms with Crippen LogP contribution >= 0.6 is 39.1 Å². The minimum Gasteiger partial charge on any atom is -0.386 e. The third-order valence-corrected chi connectivity index (χ3v) is 3.80. The Kier molecular flexibility index (Phi) is 4.62. The number of hydrogen-bond acceptors (Lipinski definition) is 2. The topological polar surface area (TPSA) is 33.1 Å². The van der Waals surface area contributed by atoms with Crippen molar-refractivity contribution in [2.24, 2.45) is 0 Å². The fourth-order valence-electron chi connectivity index (χ4n) is 1.65. The van der Waals surface area contributed by atoms with Gasteiger partial charge in [-0.25, -0.2) is 0 Å². The molecule has 5 heteroatoms. The van der Waals surface area contributed by atoms with Gasteiger partial charge in [0.2, 0.25) is 0 Å². The van der Waals surface area contributed by atoms with E-state index in [1.165, 1.54) is 0 Å². The van der Waals surface area contributed by atoms with Crippen molar-refractivity contribution in [1.82, 2.24) is 4.98 Å². The Balaban J connectivity index is 2.24. The molecule has 1 aromatic carbocycles. The van der Waals surface area contributed by atoms with Crippen LogP contribution in [0.3, 0.4) is 0 Å². The first kappa shape index (κ1) is 13.8. The zero-order chi connectivity index (χ0) is 13.1. The number of halogens is 3. The van der Waals surface area contributed by atoms with Crippen molar-refractivity contribution in [3.05, 3.63) is 62.3 Å². The summed E-state index contributed by atoms with van der Waals surface area (Å²) in [5, 5.41) is 11.4. The average Bonchev–Trinajstić information content (AvgIpc) is 2.34. The molecule has 0 saturated carbocycles. The van der Waals surface area contributed by atoms with Crippen LogP contribution in [-0.2, 0) is 6.42 Å². The largest absolute Gasteiger partial charge is 0.386 e. The fraction of sp³-hybridized carbons (Fsp3) is 0.154. The smallest absolute Gasteiger partial charge is 0.101 e. The van der Waals surface area contributed by atoms with E-state index in [4.69, 9.17) is 23.2 Å². The molecule has 94 valence electrons. The van der Waals surface area contributed by atoms with Gasteiger partial charge in [0, 0.05) is 27.1 Å². The molecule has 0 spiro atoms.